The van der Waals surface area contributed by atoms with Gasteiger partial charge in [-0.15, -0.1) is 0 Å². The maximum atomic E-state index is 13.0. The molecule has 1 aliphatic heterocycles. The Labute approximate surface area is 229 Å². The first-order chi connectivity index (χ1) is 19.1. The van der Waals surface area contributed by atoms with E-state index >= 15 is 0 Å². The molecule has 0 saturated carbocycles. The lowest BCUT2D eigenvalue weighted by molar-refractivity contribution is -0.129. The first kappa shape index (κ1) is 28.8. The molecule has 1 aliphatic rings. The molecule has 1 amide bonds. The Hall–Kier alpha value is -5.17. The highest BCUT2D eigenvalue weighted by Crippen LogP contribution is 2.25. The third-order valence-corrected chi connectivity index (χ3v) is 7.25. The number of hydrazone groups is 1. The fraction of sp³-hybridized carbons (Fsp3) is 0. The number of aromatic carboxylic acids is 1. The number of allylic oxidation sites excluding steroid dienone is 2. The van der Waals surface area contributed by atoms with Crippen molar-refractivity contribution in [3.8, 4) is 5.69 Å². The molecule has 0 fully saturated rings. The van der Waals surface area contributed by atoms with E-state index < -0.39 is 76.0 Å². The van der Waals surface area contributed by atoms with Crippen molar-refractivity contribution in [2.75, 3.05) is 5.01 Å². The van der Waals surface area contributed by atoms with Crippen molar-refractivity contribution in [3.05, 3.63) is 87.9 Å². The number of anilines is 1. The van der Waals surface area contributed by atoms with Crippen molar-refractivity contribution in [2.45, 2.75) is 9.79 Å². The number of hydrogen-bond acceptors (Lipinski definition) is 9. The summed E-state index contributed by atoms with van der Waals surface area (Å²) in [6, 6.07) is 8.38. The van der Waals surface area contributed by atoms with E-state index in [2.05, 4.69) is 10.2 Å². The minimum Gasteiger partial charge on any atom is -0.477 e. The van der Waals surface area contributed by atoms with Gasteiger partial charge in [-0.3, -0.25) is 23.8 Å². The Morgan fingerprint density at radius 2 is 1.32 bits per heavy atom. The molecule has 16 nitrogen and oxygen atoms in total. The van der Waals surface area contributed by atoms with E-state index in [0.29, 0.717) is 5.01 Å². The second-order valence-corrected chi connectivity index (χ2v) is 10.9. The maximum absolute atomic E-state index is 13.0. The van der Waals surface area contributed by atoms with Crippen molar-refractivity contribution in [1.82, 2.24) is 9.78 Å². The van der Waals surface area contributed by atoms with Gasteiger partial charge < -0.3 is 10.2 Å². The van der Waals surface area contributed by atoms with Crippen LogP contribution in [-0.4, -0.2) is 69.5 Å². The Morgan fingerprint density at radius 1 is 0.805 bits per heavy atom. The fourth-order valence-electron chi connectivity index (χ4n) is 3.61. The molecule has 0 atom stereocenters. The average molecular weight is 605 g/mol. The van der Waals surface area contributed by atoms with Crippen molar-refractivity contribution in [1.29, 1.82) is 0 Å². The van der Waals surface area contributed by atoms with E-state index in [1.807, 2.05) is 0 Å². The second-order valence-electron chi connectivity index (χ2n) is 8.09. The molecule has 0 unspecified atom stereocenters. The Balaban J connectivity index is 1.69. The number of nitrogens with one attached hydrogen (secondary N) is 1. The largest absolute Gasteiger partial charge is 0.477 e. The Kier molecular flexibility index (Phi) is 7.33. The van der Waals surface area contributed by atoms with E-state index in [-0.39, 0.29) is 11.4 Å². The summed E-state index contributed by atoms with van der Waals surface area (Å²) in [6.07, 6.45) is 3.01. The lowest BCUT2D eigenvalue weighted by Crippen LogP contribution is -2.22. The van der Waals surface area contributed by atoms with Gasteiger partial charge >= 0.3 is 11.9 Å². The summed E-state index contributed by atoms with van der Waals surface area (Å²) in [5.41, 5.74) is -3.08. The van der Waals surface area contributed by atoms with Crippen LogP contribution in [0.25, 0.3) is 11.8 Å². The van der Waals surface area contributed by atoms with E-state index in [9.17, 15) is 46.2 Å². The van der Waals surface area contributed by atoms with Gasteiger partial charge in [0.2, 0.25) is 0 Å². The number of aliphatic carboxylic acids is 1. The third kappa shape index (κ3) is 5.75. The van der Waals surface area contributed by atoms with Crippen LogP contribution in [0, 0.1) is 0 Å². The summed E-state index contributed by atoms with van der Waals surface area (Å²) in [7, 11) is -9.05. The summed E-state index contributed by atoms with van der Waals surface area (Å²) in [6.45, 7) is 0. The molecular formula is C23H16N4O12S2. The van der Waals surface area contributed by atoms with Crippen LogP contribution in [0.2, 0.25) is 0 Å². The monoisotopic (exact) mass is 604 g/mol. The van der Waals surface area contributed by atoms with Crippen molar-refractivity contribution in [2.24, 2.45) is 5.10 Å². The first-order valence-corrected chi connectivity index (χ1v) is 13.8. The molecule has 1 aromatic heterocycles. The van der Waals surface area contributed by atoms with Gasteiger partial charge in [0, 0.05) is 0 Å². The number of carboxylic acid groups (broad SMARTS) is 2. The molecule has 0 spiro atoms. The summed E-state index contributed by atoms with van der Waals surface area (Å²) in [5, 5.41) is 25.8. The number of amides is 1. The maximum Gasteiger partial charge on any atom is 0.357 e. The number of carboxylic acids is 2. The number of aromatic amines is 1. The summed E-state index contributed by atoms with van der Waals surface area (Å²) >= 11 is 0. The van der Waals surface area contributed by atoms with Crippen LogP contribution in [0.15, 0.2) is 85.9 Å². The molecule has 18 heteroatoms. The standard InChI is InChI=1S/C23H16N4O12S2/c28-20-16(18(22(30)31)24-26(20)12-4-8-14(9-5-12)40(34,35)36)2-1-3-17-19(23(32)33)25-27(21(17)29)13-6-10-15(11-7-13)41(37,38)39/h1-11,24H,(H,30,31)(H,32,33)(H,34,35,36)(H,37,38,39)/b2-1+,17-3-. The van der Waals surface area contributed by atoms with Crippen LogP contribution >= 0.6 is 0 Å². The fourth-order valence-corrected chi connectivity index (χ4v) is 4.57. The number of carbonyl (C=O) groups excluding carboxylic acids is 1. The minimum absolute atomic E-state index is 0.0184. The van der Waals surface area contributed by atoms with Gasteiger partial charge in [0.05, 0.1) is 32.3 Å². The SMILES string of the molecule is O=C(O)C1=NN(c2ccc(S(=O)(=O)O)cc2)C(=O)/C1=C\C=C\c1c(C(=O)O)[nH]n(-c2ccc(S(=O)(=O)O)cc2)c1=O. The number of carbonyl (C=O) groups is 3. The predicted octanol–water partition coefficient (Wildman–Crippen LogP) is 0.784. The molecular weight excluding hydrogens is 588 g/mol. The van der Waals surface area contributed by atoms with Crippen LogP contribution in [-0.2, 0) is 29.8 Å². The molecule has 5 N–H and O–H groups in total. The van der Waals surface area contributed by atoms with Gasteiger partial charge in [-0.2, -0.15) is 26.9 Å². The molecule has 212 valence electrons. The molecule has 2 aromatic carbocycles. The van der Waals surface area contributed by atoms with Crippen molar-refractivity contribution in [3.63, 3.8) is 0 Å². The average Bonchev–Trinajstić information content (AvgIpc) is 3.40. The quantitative estimate of drug-likeness (QED) is 0.177. The third-order valence-electron chi connectivity index (χ3n) is 5.52. The zero-order valence-corrected chi connectivity index (χ0v) is 21.7. The highest BCUT2D eigenvalue weighted by molar-refractivity contribution is 7.86. The molecule has 2 heterocycles. The number of aromatic nitrogens is 2. The summed E-state index contributed by atoms with van der Waals surface area (Å²) < 4.78 is 64.0. The predicted molar refractivity (Wildman–Crippen MR) is 139 cm³/mol. The molecule has 0 saturated heterocycles. The molecule has 0 radical (unpaired) electrons. The van der Waals surface area contributed by atoms with Crippen LogP contribution in [0.5, 0.6) is 0 Å². The van der Waals surface area contributed by atoms with Crippen LogP contribution < -0.4 is 10.6 Å². The molecule has 0 aliphatic carbocycles. The van der Waals surface area contributed by atoms with Crippen LogP contribution in [0.3, 0.4) is 0 Å². The minimum atomic E-state index is -4.53. The number of benzene rings is 2. The van der Waals surface area contributed by atoms with Crippen molar-refractivity contribution < 1.29 is 50.5 Å². The molecule has 0 bridgehead atoms. The number of nitrogens with zero attached hydrogens (tertiary/aromatic N) is 3. The highest BCUT2D eigenvalue weighted by Gasteiger charge is 2.35. The highest BCUT2D eigenvalue weighted by atomic mass is 32.2. The van der Waals surface area contributed by atoms with E-state index in [0.717, 1.165) is 71.4 Å². The number of H-pyrrole nitrogens is 1. The van der Waals surface area contributed by atoms with E-state index in [4.69, 9.17) is 9.11 Å². The number of rotatable bonds is 8. The Morgan fingerprint density at radius 3 is 1.78 bits per heavy atom. The summed E-state index contributed by atoms with van der Waals surface area (Å²) in [5.74, 6) is -4.10. The summed E-state index contributed by atoms with van der Waals surface area (Å²) in [4.78, 5) is 48.4. The zero-order chi connectivity index (χ0) is 30.3. The lowest BCUT2D eigenvalue weighted by atomic mass is 10.1. The van der Waals surface area contributed by atoms with Crippen LogP contribution in [0.1, 0.15) is 16.1 Å². The molecule has 41 heavy (non-hydrogen) atoms. The Bertz CT molecular complexity index is 1970. The molecule has 3 aromatic rings. The zero-order valence-electron chi connectivity index (χ0n) is 20.1. The van der Waals surface area contributed by atoms with Gasteiger partial charge in [-0.1, -0.05) is 6.08 Å². The van der Waals surface area contributed by atoms with Gasteiger partial charge in [-0.25, -0.2) is 14.3 Å². The van der Waals surface area contributed by atoms with Gasteiger partial charge in [0.25, 0.3) is 31.7 Å². The van der Waals surface area contributed by atoms with Gasteiger partial charge in [-0.05, 0) is 60.7 Å². The molecule has 4 rings (SSSR count). The number of hydrogen-bond donors (Lipinski definition) is 5. The normalized spacial score (nSPS) is 15.1. The first-order valence-electron chi connectivity index (χ1n) is 10.9. The lowest BCUT2D eigenvalue weighted by Gasteiger charge is -2.11. The van der Waals surface area contributed by atoms with Crippen molar-refractivity contribution >= 4 is 55.6 Å². The smallest absolute Gasteiger partial charge is 0.357 e. The van der Waals surface area contributed by atoms with Gasteiger partial charge in [0.1, 0.15) is 0 Å². The van der Waals surface area contributed by atoms with E-state index in [1.54, 1.807) is 0 Å². The van der Waals surface area contributed by atoms with E-state index in [1.165, 1.54) is 0 Å². The van der Waals surface area contributed by atoms with Gasteiger partial charge in [0.15, 0.2) is 11.4 Å². The van der Waals surface area contributed by atoms with Crippen LogP contribution in [0.4, 0.5) is 5.69 Å². The topological polar surface area (TPSA) is 254 Å². The second kappa shape index (κ2) is 10.4.